The standard InChI is InChI=1S/C21H34N6O3/c1-5-30-21(29)27-13-11-26(12-14-27)20(22-2)24-16-17-7-6-8-18(15-17)19(28)23-9-10-25(3)4/h6-8,15H,5,9-14,16H2,1-4H3,(H,22,24)(H,23,28). The highest BCUT2D eigenvalue weighted by Gasteiger charge is 2.23. The second-order valence-corrected chi connectivity index (χ2v) is 7.33. The summed E-state index contributed by atoms with van der Waals surface area (Å²) in [6.45, 7) is 6.73. The summed E-state index contributed by atoms with van der Waals surface area (Å²) in [6.07, 6.45) is -0.263. The normalized spacial score (nSPS) is 14.6. The molecule has 0 radical (unpaired) electrons. The fraction of sp³-hybridized carbons (Fsp3) is 0.571. The van der Waals surface area contributed by atoms with E-state index in [-0.39, 0.29) is 12.0 Å². The van der Waals surface area contributed by atoms with Crippen LogP contribution < -0.4 is 10.6 Å². The number of guanidine groups is 1. The molecule has 0 spiro atoms. The van der Waals surface area contributed by atoms with Crippen molar-refractivity contribution in [2.75, 3.05) is 67.0 Å². The van der Waals surface area contributed by atoms with Crippen LogP contribution >= 0.6 is 0 Å². The number of benzene rings is 1. The van der Waals surface area contributed by atoms with Gasteiger partial charge in [-0.15, -0.1) is 0 Å². The topological polar surface area (TPSA) is 89.5 Å². The van der Waals surface area contributed by atoms with Gasteiger partial charge in [-0.1, -0.05) is 12.1 Å². The maximum absolute atomic E-state index is 12.3. The first-order chi connectivity index (χ1) is 14.4. The summed E-state index contributed by atoms with van der Waals surface area (Å²) < 4.78 is 5.06. The van der Waals surface area contributed by atoms with Crippen LogP contribution in [0.4, 0.5) is 4.79 Å². The molecule has 0 atom stereocenters. The van der Waals surface area contributed by atoms with Gasteiger partial charge in [0.1, 0.15) is 0 Å². The highest BCUT2D eigenvalue weighted by Crippen LogP contribution is 2.07. The molecule has 0 aromatic heterocycles. The number of amides is 2. The van der Waals surface area contributed by atoms with E-state index in [1.54, 1.807) is 11.9 Å². The van der Waals surface area contributed by atoms with Gasteiger partial charge >= 0.3 is 6.09 Å². The molecule has 2 amide bonds. The van der Waals surface area contributed by atoms with Crippen LogP contribution in [0.5, 0.6) is 0 Å². The van der Waals surface area contributed by atoms with Gasteiger partial charge < -0.3 is 30.1 Å². The molecule has 30 heavy (non-hydrogen) atoms. The van der Waals surface area contributed by atoms with Crippen LogP contribution in [0, 0.1) is 0 Å². The smallest absolute Gasteiger partial charge is 0.409 e. The summed E-state index contributed by atoms with van der Waals surface area (Å²) in [6, 6.07) is 7.58. The van der Waals surface area contributed by atoms with Crippen molar-refractivity contribution in [2.45, 2.75) is 13.5 Å². The number of ether oxygens (including phenoxy) is 1. The third-order valence-electron chi connectivity index (χ3n) is 4.80. The summed E-state index contributed by atoms with van der Waals surface area (Å²) in [5, 5.41) is 6.28. The number of likely N-dealkylation sites (N-methyl/N-ethyl adjacent to an activating group) is 1. The molecule has 1 aromatic rings. The number of piperazine rings is 1. The molecular weight excluding hydrogens is 384 g/mol. The molecule has 1 heterocycles. The zero-order chi connectivity index (χ0) is 21.9. The Labute approximate surface area is 179 Å². The van der Waals surface area contributed by atoms with Crippen LogP contribution in [0.15, 0.2) is 29.3 Å². The zero-order valence-corrected chi connectivity index (χ0v) is 18.5. The summed E-state index contributed by atoms with van der Waals surface area (Å²) in [5.74, 6) is 0.706. The van der Waals surface area contributed by atoms with Crippen LogP contribution in [-0.2, 0) is 11.3 Å². The molecule has 2 rings (SSSR count). The fourth-order valence-electron chi connectivity index (χ4n) is 3.15. The Kier molecular flexibility index (Phi) is 9.40. The first-order valence-corrected chi connectivity index (χ1v) is 10.3. The van der Waals surface area contributed by atoms with Crippen molar-refractivity contribution in [2.24, 2.45) is 4.99 Å². The number of nitrogens with one attached hydrogen (secondary N) is 2. The van der Waals surface area contributed by atoms with E-state index in [9.17, 15) is 9.59 Å². The molecule has 0 saturated carbocycles. The van der Waals surface area contributed by atoms with E-state index >= 15 is 0 Å². The number of hydrogen-bond donors (Lipinski definition) is 2. The predicted octanol–water partition coefficient (Wildman–Crippen LogP) is 0.828. The van der Waals surface area contributed by atoms with Crippen molar-refractivity contribution >= 4 is 18.0 Å². The molecule has 2 N–H and O–H groups in total. The van der Waals surface area contributed by atoms with Gasteiger partial charge in [-0.3, -0.25) is 9.79 Å². The molecule has 0 bridgehead atoms. The highest BCUT2D eigenvalue weighted by molar-refractivity contribution is 5.94. The summed E-state index contributed by atoms with van der Waals surface area (Å²) >= 11 is 0. The lowest BCUT2D eigenvalue weighted by atomic mass is 10.1. The number of nitrogens with zero attached hydrogens (tertiary/aromatic N) is 4. The van der Waals surface area contributed by atoms with Gasteiger partial charge in [0.15, 0.2) is 5.96 Å². The molecule has 0 aliphatic carbocycles. The average Bonchev–Trinajstić information content (AvgIpc) is 2.74. The molecule has 9 heteroatoms. The molecule has 0 unspecified atom stereocenters. The van der Waals surface area contributed by atoms with Gasteiger partial charge in [0, 0.05) is 58.4 Å². The Morgan fingerprint density at radius 2 is 1.83 bits per heavy atom. The third-order valence-corrected chi connectivity index (χ3v) is 4.80. The van der Waals surface area contributed by atoms with Crippen LogP contribution in [-0.4, -0.2) is 99.7 Å². The Hall–Kier alpha value is -2.81. The first kappa shape index (κ1) is 23.5. The molecule has 1 aliphatic rings. The average molecular weight is 419 g/mol. The third kappa shape index (κ3) is 7.22. The monoisotopic (exact) mass is 418 g/mol. The Morgan fingerprint density at radius 1 is 1.13 bits per heavy atom. The second kappa shape index (κ2) is 12.0. The molecule has 9 nitrogen and oxygen atoms in total. The number of hydrogen-bond acceptors (Lipinski definition) is 5. The van der Waals surface area contributed by atoms with E-state index in [4.69, 9.17) is 4.74 Å². The Balaban J connectivity index is 1.85. The van der Waals surface area contributed by atoms with E-state index in [0.29, 0.717) is 51.4 Å². The van der Waals surface area contributed by atoms with E-state index in [0.717, 1.165) is 18.1 Å². The van der Waals surface area contributed by atoms with Crippen LogP contribution in [0.2, 0.25) is 0 Å². The van der Waals surface area contributed by atoms with Gasteiger partial charge in [-0.05, 0) is 38.7 Å². The maximum atomic E-state index is 12.3. The van der Waals surface area contributed by atoms with E-state index in [1.165, 1.54) is 0 Å². The highest BCUT2D eigenvalue weighted by atomic mass is 16.6. The van der Waals surface area contributed by atoms with Crippen molar-refractivity contribution < 1.29 is 14.3 Å². The van der Waals surface area contributed by atoms with Crippen molar-refractivity contribution in [3.63, 3.8) is 0 Å². The van der Waals surface area contributed by atoms with E-state index in [1.807, 2.05) is 50.2 Å². The number of carbonyl (C=O) groups excluding carboxylic acids is 2. The SMILES string of the molecule is CCOC(=O)N1CCN(C(=NC)NCc2cccc(C(=O)NCCN(C)C)c2)CC1. The molecule has 1 aromatic carbocycles. The van der Waals surface area contributed by atoms with Gasteiger partial charge in [0.2, 0.25) is 0 Å². The molecule has 1 saturated heterocycles. The molecule has 1 aliphatic heterocycles. The number of rotatable bonds is 7. The Bertz CT molecular complexity index is 729. The quantitative estimate of drug-likeness (QED) is 0.504. The van der Waals surface area contributed by atoms with E-state index in [2.05, 4.69) is 20.5 Å². The Morgan fingerprint density at radius 3 is 2.47 bits per heavy atom. The van der Waals surface area contributed by atoms with Crippen molar-refractivity contribution in [1.29, 1.82) is 0 Å². The molecule has 1 fully saturated rings. The first-order valence-electron chi connectivity index (χ1n) is 10.3. The molecular formula is C21H34N6O3. The van der Waals surface area contributed by atoms with Gasteiger partial charge in [0.05, 0.1) is 6.61 Å². The number of carbonyl (C=O) groups is 2. The summed E-state index contributed by atoms with van der Waals surface area (Å²) in [4.78, 5) is 34.4. The maximum Gasteiger partial charge on any atom is 0.409 e. The summed E-state index contributed by atoms with van der Waals surface area (Å²) in [7, 11) is 5.69. The van der Waals surface area contributed by atoms with Gasteiger partial charge in [-0.25, -0.2) is 4.79 Å². The fourth-order valence-corrected chi connectivity index (χ4v) is 3.15. The number of aliphatic imine (C=N–C) groups is 1. The van der Waals surface area contributed by atoms with E-state index < -0.39 is 0 Å². The van der Waals surface area contributed by atoms with Crippen molar-refractivity contribution in [3.05, 3.63) is 35.4 Å². The van der Waals surface area contributed by atoms with Crippen LogP contribution in [0.25, 0.3) is 0 Å². The van der Waals surface area contributed by atoms with Gasteiger partial charge in [0.25, 0.3) is 5.91 Å². The lowest BCUT2D eigenvalue weighted by molar-refractivity contribution is 0.0913. The minimum absolute atomic E-state index is 0.0711. The van der Waals surface area contributed by atoms with Crippen molar-refractivity contribution in [3.8, 4) is 0 Å². The zero-order valence-electron chi connectivity index (χ0n) is 18.5. The van der Waals surface area contributed by atoms with Crippen LogP contribution in [0.3, 0.4) is 0 Å². The minimum Gasteiger partial charge on any atom is -0.450 e. The lowest BCUT2D eigenvalue weighted by Crippen LogP contribution is -2.53. The summed E-state index contributed by atoms with van der Waals surface area (Å²) in [5.41, 5.74) is 1.65. The second-order valence-electron chi connectivity index (χ2n) is 7.33. The van der Waals surface area contributed by atoms with Gasteiger partial charge in [-0.2, -0.15) is 0 Å². The predicted molar refractivity (Wildman–Crippen MR) is 118 cm³/mol. The van der Waals surface area contributed by atoms with Crippen molar-refractivity contribution in [1.82, 2.24) is 25.3 Å². The minimum atomic E-state index is -0.263. The molecule has 166 valence electrons. The largest absolute Gasteiger partial charge is 0.450 e. The van der Waals surface area contributed by atoms with Crippen LogP contribution in [0.1, 0.15) is 22.8 Å². The lowest BCUT2D eigenvalue weighted by Gasteiger charge is -2.35.